The number of aromatic nitrogens is 2. The Hall–Kier alpha value is -3.09. The van der Waals surface area contributed by atoms with Crippen LogP contribution in [0.1, 0.15) is 30.0 Å². The third kappa shape index (κ3) is 5.18. The lowest BCUT2D eigenvalue weighted by Gasteiger charge is -2.40. The number of hydrogen-bond donors (Lipinski definition) is 0. The van der Waals surface area contributed by atoms with E-state index in [1.807, 2.05) is 36.7 Å². The average molecular weight is 461 g/mol. The van der Waals surface area contributed by atoms with Crippen molar-refractivity contribution in [3.05, 3.63) is 102 Å². The van der Waals surface area contributed by atoms with Crippen LogP contribution in [-0.2, 0) is 6.54 Å². The summed E-state index contributed by atoms with van der Waals surface area (Å²) in [5.74, 6) is -0.481. The zero-order valence-electron chi connectivity index (χ0n) is 19.3. The maximum Gasteiger partial charge on any atom is 0.123 e. The third-order valence-corrected chi connectivity index (χ3v) is 6.79. The first-order valence-corrected chi connectivity index (χ1v) is 12.0. The highest BCUT2D eigenvalue weighted by Crippen LogP contribution is 2.30. The Labute approximate surface area is 199 Å². The van der Waals surface area contributed by atoms with Gasteiger partial charge in [0.15, 0.2) is 0 Å². The lowest BCUT2D eigenvalue weighted by Crippen LogP contribution is -2.48. The van der Waals surface area contributed by atoms with Gasteiger partial charge >= 0.3 is 0 Å². The summed E-state index contributed by atoms with van der Waals surface area (Å²) in [6, 6.07) is 21.7. The van der Waals surface area contributed by atoms with Gasteiger partial charge in [0.2, 0.25) is 0 Å². The van der Waals surface area contributed by atoms with Gasteiger partial charge in [0.05, 0.1) is 23.4 Å². The van der Waals surface area contributed by atoms with E-state index in [9.17, 15) is 8.78 Å². The molecule has 0 bridgehead atoms. The van der Waals surface area contributed by atoms with E-state index in [0.717, 1.165) is 68.8 Å². The van der Waals surface area contributed by atoms with Crippen molar-refractivity contribution < 1.29 is 8.78 Å². The number of benzene rings is 3. The monoisotopic (exact) mass is 460 g/mol. The van der Waals surface area contributed by atoms with Gasteiger partial charge in [-0.05, 0) is 66.9 Å². The van der Waals surface area contributed by atoms with Gasteiger partial charge in [-0.15, -0.1) is 0 Å². The molecule has 0 unspecified atom stereocenters. The summed E-state index contributed by atoms with van der Waals surface area (Å²) >= 11 is 0. The van der Waals surface area contributed by atoms with E-state index in [1.165, 1.54) is 29.8 Å². The van der Waals surface area contributed by atoms with Gasteiger partial charge in [-0.1, -0.05) is 36.4 Å². The molecule has 1 fully saturated rings. The molecular formula is C28H30F2N4. The maximum absolute atomic E-state index is 13.5. The quantitative estimate of drug-likeness (QED) is 0.325. The van der Waals surface area contributed by atoms with E-state index in [1.54, 1.807) is 0 Å². The Morgan fingerprint density at radius 2 is 1.29 bits per heavy atom. The van der Waals surface area contributed by atoms with Crippen molar-refractivity contribution in [2.45, 2.75) is 25.4 Å². The van der Waals surface area contributed by atoms with Gasteiger partial charge in [-0.3, -0.25) is 4.90 Å². The number of aryl methyl sites for hydroxylation is 1. The van der Waals surface area contributed by atoms with E-state index >= 15 is 0 Å². The lowest BCUT2D eigenvalue weighted by molar-refractivity contribution is 0.108. The second-order valence-corrected chi connectivity index (χ2v) is 9.02. The summed E-state index contributed by atoms with van der Waals surface area (Å²) in [5.41, 5.74) is 4.32. The zero-order valence-corrected chi connectivity index (χ0v) is 19.3. The Kier molecular flexibility index (Phi) is 6.97. The van der Waals surface area contributed by atoms with Crippen molar-refractivity contribution in [1.82, 2.24) is 19.4 Å². The SMILES string of the molecule is Fc1ccc(C(c2ccc(F)cc2)N2CCN(CCCCn3cnc4ccccc43)CC2)cc1. The molecule has 1 saturated heterocycles. The van der Waals surface area contributed by atoms with Crippen LogP contribution in [0.4, 0.5) is 8.78 Å². The zero-order chi connectivity index (χ0) is 23.3. The minimum atomic E-state index is -0.241. The first kappa shape index (κ1) is 22.7. The van der Waals surface area contributed by atoms with Gasteiger partial charge in [0.25, 0.3) is 0 Å². The summed E-state index contributed by atoms with van der Waals surface area (Å²) in [6.07, 6.45) is 4.20. The normalized spacial score (nSPS) is 15.4. The van der Waals surface area contributed by atoms with E-state index < -0.39 is 0 Å². The van der Waals surface area contributed by atoms with Crippen molar-refractivity contribution in [3.63, 3.8) is 0 Å². The fourth-order valence-corrected chi connectivity index (χ4v) is 4.96. The Morgan fingerprint density at radius 3 is 1.94 bits per heavy atom. The number of nitrogens with zero attached hydrogens (tertiary/aromatic N) is 4. The highest BCUT2D eigenvalue weighted by Gasteiger charge is 2.26. The maximum atomic E-state index is 13.5. The number of hydrogen-bond acceptors (Lipinski definition) is 3. The standard InChI is InChI=1S/C28H30F2N4/c29-24-11-7-22(8-12-24)28(23-9-13-25(30)14-10-23)33-19-17-32(18-20-33)15-3-4-16-34-21-31-26-5-1-2-6-27(26)34/h1-2,5-14,21,28H,3-4,15-20H2. The molecule has 1 aliphatic heterocycles. The van der Waals surface area contributed by atoms with Crippen LogP contribution in [0.15, 0.2) is 79.1 Å². The summed E-state index contributed by atoms with van der Waals surface area (Å²) in [7, 11) is 0. The van der Waals surface area contributed by atoms with E-state index in [-0.39, 0.29) is 17.7 Å². The third-order valence-electron chi connectivity index (χ3n) is 6.79. The minimum Gasteiger partial charge on any atom is -0.331 e. The number of rotatable bonds is 8. The van der Waals surface area contributed by atoms with Crippen LogP contribution < -0.4 is 0 Å². The number of imidazole rings is 1. The Morgan fingerprint density at radius 1 is 0.706 bits per heavy atom. The predicted molar refractivity (Wildman–Crippen MR) is 132 cm³/mol. The highest BCUT2D eigenvalue weighted by molar-refractivity contribution is 5.74. The number of halogens is 2. The topological polar surface area (TPSA) is 24.3 Å². The van der Waals surface area contributed by atoms with Gasteiger partial charge in [0, 0.05) is 32.7 Å². The van der Waals surface area contributed by atoms with Crippen LogP contribution >= 0.6 is 0 Å². The van der Waals surface area contributed by atoms with E-state index in [2.05, 4.69) is 37.5 Å². The molecule has 34 heavy (non-hydrogen) atoms. The predicted octanol–water partition coefficient (Wildman–Crippen LogP) is 5.50. The van der Waals surface area contributed by atoms with E-state index in [4.69, 9.17) is 0 Å². The van der Waals surface area contributed by atoms with Crippen molar-refractivity contribution >= 4 is 11.0 Å². The fraction of sp³-hybridized carbons (Fsp3) is 0.321. The molecule has 6 heteroatoms. The summed E-state index contributed by atoms with van der Waals surface area (Å²) in [6.45, 7) is 5.90. The molecule has 0 radical (unpaired) electrons. The van der Waals surface area contributed by atoms with Crippen LogP contribution in [0.2, 0.25) is 0 Å². The average Bonchev–Trinajstić information content (AvgIpc) is 3.28. The number of unbranched alkanes of at least 4 members (excludes halogenated alkanes) is 1. The molecule has 0 atom stereocenters. The van der Waals surface area contributed by atoms with Crippen LogP contribution in [0.5, 0.6) is 0 Å². The molecule has 1 aromatic heterocycles. The van der Waals surface area contributed by atoms with Gasteiger partial charge in [-0.25, -0.2) is 13.8 Å². The van der Waals surface area contributed by atoms with Gasteiger partial charge in [-0.2, -0.15) is 0 Å². The highest BCUT2D eigenvalue weighted by atomic mass is 19.1. The van der Waals surface area contributed by atoms with Crippen LogP contribution in [0.3, 0.4) is 0 Å². The van der Waals surface area contributed by atoms with Crippen LogP contribution in [0.25, 0.3) is 11.0 Å². The Balaban J connectivity index is 1.16. The smallest absolute Gasteiger partial charge is 0.123 e. The van der Waals surface area contributed by atoms with Crippen LogP contribution in [-0.4, -0.2) is 52.1 Å². The van der Waals surface area contributed by atoms with Crippen molar-refractivity contribution in [2.24, 2.45) is 0 Å². The first-order valence-electron chi connectivity index (χ1n) is 12.0. The molecule has 176 valence electrons. The Bertz CT molecular complexity index is 1150. The fourth-order valence-electron chi connectivity index (χ4n) is 4.96. The van der Waals surface area contributed by atoms with Crippen molar-refractivity contribution in [3.8, 4) is 0 Å². The summed E-state index contributed by atoms with van der Waals surface area (Å²) in [5, 5.41) is 0. The molecule has 0 amide bonds. The van der Waals surface area contributed by atoms with Gasteiger partial charge in [0.1, 0.15) is 11.6 Å². The minimum absolute atomic E-state index is 0.00197. The largest absolute Gasteiger partial charge is 0.331 e. The summed E-state index contributed by atoms with van der Waals surface area (Å²) < 4.78 is 29.3. The second-order valence-electron chi connectivity index (χ2n) is 9.02. The molecular weight excluding hydrogens is 430 g/mol. The molecule has 4 aromatic rings. The van der Waals surface area contributed by atoms with Crippen molar-refractivity contribution in [2.75, 3.05) is 32.7 Å². The van der Waals surface area contributed by atoms with E-state index in [0.29, 0.717) is 0 Å². The molecule has 4 nitrogen and oxygen atoms in total. The molecule has 0 spiro atoms. The summed E-state index contributed by atoms with van der Waals surface area (Å²) in [4.78, 5) is 9.42. The number of para-hydroxylation sites is 2. The van der Waals surface area contributed by atoms with Crippen molar-refractivity contribution in [1.29, 1.82) is 0 Å². The molecule has 5 rings (SSSR count). The lowest BCUT2D eigenvalue weighted by atomic mass is 9.96. The van der Waals surface area contributed by atoms with Crippen LogP contribution in [0, 0.1) is 11.6 Å². The first-order chi connectivity index (χ1) is 16.7. The molecule has 0 saturated carbocycles. The number of piperazine rings is 1. The second kappa shape index (κ2) is 10.5. The molecule has 3 aromatic carbocycles. The molecule has 1 aliphatic rings. The van der Waals surface area contributed by atoms with Gasteiger partial charge < -0.3 is 9.47 Å². The molecule has 0 N–H and O–H groups in total. The molecule has 2 heterocycles. The molecule has 0 aliphatic carbocycles. The number of fused-ring (bicyclic) bond motifs is 1.